The summed E-state index contributed by atoms with van der Waals surface area (Å²) in [6, 6.07) is 0. The van der Waals surface area contributed by atoms with Crippen molar-refractivity contribution in [1.82, 2.24) is 0 Å². The third-order valence-corrected chi connectivity index (χ3v) is 5.57. The molecule has 0 fully saturated rings. The van der Waals surface area contributed by atoms with E-state index in [2.05, 4.69) is 16.1 Å². The molecule has 1 atom stereocenters. The maximum absolute atomic E-state index is 13.9. The summed E-state index contributed by atoms with van der Waals surface area (Å²) < 4.78 is 323. The largest absolute Gasteiger partial charge is 0.460 e. The fourth-order valence-electron chi connectivity index (χ4n) is 2.78. The summed E-state index contributed by atoms with van der Waals surface area (Å²) in [6.45, 7) is -1.28. The molecule has 280 valence electrons. The molecule has 0 amide bonds. The second kappa shape index (κ2) is 12.7. The van der Waals surface area contributed by atoms with Gasteiger partial charge in [0.1, 0.15) is 6.10 Å². The van der Waals surface area contributed by atoms with Gasteiger partial charge in [0.05, 0.1) is 19.6 Å². The molecule has 0 aliphatic heterocycles. The minimum atomic E-state index is -8.65. The van der Waals surface area contributed by atoms with Crippen molar-refractivity contribution in [3.63, 3.8) is 0 Å². The molecule has 0 N–H and O–H groups in total. The molecule has 0 bridgehead atoms. The first kappa shape index (κ1) is 44.5. The van der Waals surface area contributed by atoms with Crippen molar-refractivity contribution in [2.45, 2.75) is 91.5 Å². The van der Waals surface area contributed by atoms with Gasteiger partial charge in [-0.15, -0.1) is 0 Å². The third kappa shape index (κ3) is 7.56. The first-order valence-corrected chi connectivity index (χ1v) is 11.1. The SMILES string of the molecule is C=C(C)C(=O)OC(COCCC(F)(F)C(F)(F)C(F)(F)C(F)(F)C(F)(F)C(F)(F)C(F)(F)F)CC(F)(F)C(F)(F)C(F)(F)C(F)(F)F. The maximum Gasteiger partial charge on any atom is 0.460 e. The highest BCUT2D eigenvalue weighted by atomic mass is 19.4. The van der Waals surface area contributed by atoms with E-state index in [0.29, 0.717) is 6.92 Å². The van der Waals surface area contributed by atoms with Gasteiger partial charge in [-0.2, -0.15) is 105 Å². The maximum atomic E-state index is 13.9. The smallest absolute Gasteiger partial charge is 0.456 e. The molecule has 0 aromatic heterocycles. The summed E-state index contributed by atoms with van der Waals surface area (Å²) in [5, 5.41) is 0. The van der Waals surface area contributed by atoms with E-state index in [1.54, 1.807) is 0 Å². The van der Waals surface area contributed by atoms with Gasteiger partial charge in [0.15, 0.2) is 0 Å². The second-order valence-corrected chi connectivity index (χ2v) is 9.26. The van der Waals surface area contributed by atoms with E-state index < -0.39 is 109 Å². The number of carbonyl (C=O) groups excluding carboxylic acids is 1. The van der Waals surface area contributed by atoms with Crippen LogP contribution in [0.5, 0.6) is 0 Å². The van der Waals surface area contributed by atoms with Gasteiger partial charge in [-0.25, -0.2) is 4.79 Å². The quantitative estimate of drug-likeness (QED) is 0.0683. The average molecular weight is 758 g/mol. The van der Waals surface area contributed by atoms with E-state index >= 15 is 0 Å². The lowest BCUT2D eigenvalue weighted by Crippen LogP contribution is -2.72. The predicted octanol–water partition coefficient (Wildman–Crippen LogP) is 9.11. The highest BCUT2D eigenvalue weighted by Crippen LogP contribution is 2.62. The standard InChI is InChI=1S/C20H14F24O3/c1-7(2)9(45)47-8(5-11(23,24)13(27,28)17(35,36)19(39,40)41)6-46-4-3-10(21,22)12(25,26)14(29,30)15(31,32)16(33,34)18(37,38)20(42,43)44/h8H,1,3-6H2,2H3. The molecule has 0 saturated heterocycles. The summed E-state index contributed by atoms with van der Waals surface area (Å²) in [4.78, 5) is 11.5. The van der Waals surface area contributed by atoms with Crippen molar-refractivity contribution in [3.05, 3.63) is 12.2 Å². The zero-order chi connectivity index (χ0) is 38.5. The summed E-state index contributed by atoms with van der Waals surface area (Å²) in [6.07, 6.45) is -24.9. The molecular formula is C20H14F24O3. The second-order valence-electron chi connectivity index (χ2n) is 9.26. The van der Waals surface area contributed by atoms with Gasteiger partial charge in [0.2, 0.25) is 0 Å². The molecule has 0 rings (SSSR count). The number of hydrogen-bond donors (Lipinski definition) is 0. The van der Waals surface area contributed by atoms with Gasteiger partial charge in [-0.05, 0) is 6.92 Å². The highest BCUT2D eigenvalue weighted by Gasteiger charge is 2.93. The molecule has 0 aliphatic carbocycles. The lowest BCUT2D eigenvalue weighted by Gasteiger charge is -2.41. The summed E-state index contributed by atoms with van der Waals surface area (Å²) in [5.41, 5.74) is -0.895. The number of alkyl halides is 24. The van der Waals surface area contributed by atoms with Gasteiger partial charge in [-0.1, -0.05) is 6.58 Å². The number of rotatable bonds is 16. The van der Waals surface area contributed by atoms with Crippen LogP contribution in [-0.4, -0.2) is 90.9 Å². The van der Waals surface area contributed by atoms with E-state index in [4.69, 9.17) is 0 Å². The van der Waals surface area contributed by atoms with E-state index in [1.165, 1.54) is 0 Å². The highest BCUT2D eigenvalue weighted by molar-refractivity contribution is 5.87. The molecule has 47 heavy (non-hydrogen) atoms. The van der Waals surface area contributed by atoms with Crippen LogP contribution in [0.3, 0.4) is 0 Å². The topological polar surface area (TPSA) is 35.5 Å². The fourth-order valence-corrected chi connectivity index (χ4v) is 2.78. The Morgan fingerprint density at radius 2 is 0.851 bits per heavy atom. The Balaban J connectivity index is 6.22. The van der Waals surface area contributed by atoms with Crippen molar-refractivity contribution in [3.8, 4) is 0 Å². The van der Waals surface area contributed by atoms with Crippen LogP contribution in [0.2, 0.25) is 0 Å². The van der Waals surface area contributed by atoms with Crippen LogP contribution in [0.15, 0.2) is 12.2 Å². The molecule has 0 radical (unpaired) electrons. The van der Waals surface area contributed by atoms with Gasteiger partial charge < -0.3 is 9.47 Å². The zero-order valence-corrected chi connectivity index (χ0v) is 21.9. The molecule has 0 aliphatic rings. The monoisotopic (exact) mass is 758 g/mol. The Kier molecular flexibility index (Phi) is 12.1. The zero-order valence-electron chi connectivity index (χ0n) is 21.9. The lowest BCUT2D eigenvalue weighted by atomic mass is 9.90. The normalized spacial score (nSPS) is 16.3. The number of halogens is 24. The van der Waals surface area contributed by atoms with Gasteiger partial charge in [0, 0.05) is 12.0 Å². The summed E-state index contributed by atoms with van der Waals surface area (Å²) >= 11 is 0. The van der Waals surface area contributed by atoms with E-state index in [9.17, 15) is 110 Å². The van der Waals surface area contributed by atoms with Crippen LogP contribution in [0.1, 0.15) is 19.8 Å². The fraction of sp³-hybridized carbons (Fsp3) is 0.850. The molecule has 1 unspecified atom stereocenters. The number of ether oxygens (including phenoxy) is 2. The van der Waals surface area contributed by atoms with Crippen molar-refractivity contribution >= 4 is 5.97 Å². The number of carbonyl (C=O) groups is 1. The Hall–Kier alpha value is -2.51. The molecule has 0 aromatic rings. The number of hydrogen-bond acceptors (Lipinski definition) is 3. The molecule has 0 spiro atoms. The summed E-state index contributed by atoms with van der Waals surface area (Å²) in [7, 11) is 0. The predicted molar refractivity (Wildman–Crippen MR) is 101 cm³/mol. The Morgan fingerprint density at radius 1 is 0.532 bits per heavy atom. The van der Waals surface area contributed by atoms with Crippen LogP contribution >= 0.6 is 0 Å². The van der Waals surface area contributed by atoms with Gasteiger partial charge in [-0.3, -0.25) is 0 Å². The van der Waals surface area contributed by atoms with E-state index in [-0.39, 0.29) is 0 Å². The van der Waals surface area contributed by atoms with Gasteiger partial charge in [0.25, 0.3) is 0 Å². The molecule has 27 heteroatoms. The van der Waals surface area contributed by atoms with Crippen LogP contribution in [0.25, 0.3) is 0 Å². The van der Waals surface area contributed by atoms with Crippen LogP contribution in [-0.2, 0) is 14.3 Å². The van der Waals surface area contributed by atoms with Gasteiger partial charge >= 0.3 is 71.6 Å². The van der Waals surface area contributed by atoms with Crippen molar-refractivity contribution in [2.24, 2.45) is 0 Å². The average Bonchev–Trinajstić information content (AvgIpc) is 2.83. The Bertz CT molecular complexity index is 1120. The first-order chi connectivity index (χ1) is 20.2. The molecular weight excluding hydrogens is 744 g/mol. The van der Waals surface area contributed by atoms with Crippen molar-refractivity contribution < 1.29 is 120 Å². The van der Waals surface area contributed by atoms with Crippen molar-refractivity contribution in [2.75, 3.05) is 13.2 Å². The summed E-state index contributed by atoms with van der Waals surface area (Å²) in [5.74, 6) is -72.4. The minimum absolute atomic E-state index is 0.636. The number of esters is 1. The van der Waals surface area contributed by atoms with E-state index in [0.717, 1.165) is 0 Å². The Labute approximate surface area is 243 Å². The van der Waals surface area contributed by atoms with Crippen molar-refractivity contribution in [1.29, 1.82) is 0 Å². The third-order valence-electron chi connectivity index (χ3n) is 5.57. The first-order valence-electron chi connectivity index (χ1n) is 11.1. The van der Waals surface area contributed by atoms with Crippen LogP contribution < -0.4 is 0 Å². The molecule has 3 nitrogen and oxygen atoms in total. The molecule has 0 aromatic carbocycles. The van der Waals surface area contributed by atoms with E-state index in [1.807, 2.05) is 0 Å². The minimum Gasteiger partial charge on any atom is -0.456 e. The van der Waals surface area contributed by atoms with Crippen LogP contribution in [0.4, 0.5) is 105 Å². The molecule has 0 saturated carbocycles. The lowest BCUT2D eigenvalue weighted by molar-refractivity contribution is -0.452. The Morgan fingerprint density at radius 3 is 1.21 bits per heavy atom. The molecule has 0 heterocycles. The van der Waals surface area contributed by atoms with Crippen LogP contribution in [0, 0.1) is 0 Å².